The predicted octanol–water partition coefficient (Wildman–Crippen LogP) is 3.18. The highest BCUT2D eigenvalue weighted by Gasteiger charge is 2.14. The van der Waals surface area contributed by atoms with Crippen molar-refractivity contribution in [2.75, 3.05) is 5.32 Å². The van der Waals surface area contributed by atoms with Gasteiger partial charge in [-0.1, -0.05) is 0 Å². The van der Waals surface area contributed by atoms with Gasteiger partial charge in [0.15, 0.2) is 11.4 Å². The molecule has 86 valence electrons. The highest BCUT2D eigenvalue weighted by Crippen LogP contribution is 2.25. The maximum atomic E-state index is 13.3. The Bertz CT molecular complexity index is 661. The van der Waals surface area contributed by atoms with Crippen molar-refractivity contribution in [2.45, 2.75) is 0 Å². The zero-order valence-electron chi connectivity index (χ0n) is 8.50. The quantitative estimate of drug-likeness (QED) is 0.717. The Kier molecular flexibility index (Phi) is 2.07. The molecule has 2 N–H and O–H groups in total. The van der Waals surface area contributed by atoms with Crippen molar-refractivity contribution in [3.8, 4) is 0 Å². The fourth-order valence-corrected chi connectivity index (χ4v) is 1.51. The largest absolute Gasteiger partial charge is 0.420 e. The topological polar surface area (TPSA) is 53.9 Å². The number of aromatic amines is 1. The molecular formula is C11H7F2N3O. The van der Waals surface area contributed by atoms with Crippen molar-refractivity contribution in [2.24, 2.45) is 0 Å². The number of nitrogens with zero attached hydrogens (tertiary/aromatic N) is 1. The van der Waals surface area contributed by atoms with Crippen LogP contribution in [-0.2, 0) is 0 Å². The van der Waals surface area contributed by atoms with Crippen LogP contribution in [0.5, 0.6) is 0 Å². The summed E-state index contributed by atoms with van der Waals surface area (Å²) in [7, 11) is 0. The summed E-state index contributed by atoms with van der Waals surface area (Å²) >= 11 is 0. The Labute approximate surface area is 94.3 Å². The number of aromatic nitrogens is 2. The van der Waals surface area contributed by atoms with Crippen LogP contribution >= 0.6 is 0 Å². The number of fused-ring (bicyclic) bond motifs is 1. The Balaban J connectivity index is 2.05. The Morgan fingerprint density at radius 2 is 2.12 bits per heavy atom. The van der Waals surface area contributed by atoms with Crippen LogP contribution < -0.4 is 5.32 Å². The molecule has 0 aliphatic heterocycles. The lowest BCUT2D eigenvalue weighted by atomic mass is 10.3. The van der Waals surface area contributed by atoms with Gasteiger partial charge in [0.05, 0.1) is 5.69 Å². The molecule has 2 aromatic heterocycles. The molecule has 17 heavy (non-hydrogen) atoms. The first-order valence-corrected chi connectivity index (χ1v) is 4.88. The van der Waals surface area contributed by atoms with E-state index in [0.717, 1.165) is 11.8 Å². The molecule has 0 bridgehead atoms. The molecular weight excluding hydrogens is 228 g/mol. The van der Waals surface area contributed by atoms with Crippen LogP contribution in [0.25, 0.3) is 11.1 Å². The van der Waals surface area contributed by atoms with E-state index in [-0.39, 0.29) is 17.1 Å². The summed E-state index contributed by atoms with van der Waals surface area (Å²) in [5.74, 6) is -1.99. The Morgan fingerprint density at radius 3 is 2.88 bits per heavy atom. The number of rotatable bonds is 2. The van der Waals surface area contributed by atoms with Gasteiger partial charge in [0.2, 0.25) is 5.82 Å². The van der Waals surface area contributed by atoms with Crippen molar-refractivity contribution in [1.82, 2.24) is 9.97 Å². The van der Waals surface area contributed by atoms with Crippen LogP contribution in [0, 0.1) is 11.6 Å². The van der Waals surface area contributed by atoms with E-state index in [9.17, 15) is 8.78 Å². The molecule has 4 nitrogen and oxygen atoms in total. The molecule has 3 aromatic rings. The van der Waals surface area contributed by atoms with E-state index >= 15 is 0 Å². The van der Waals surface area contributed by atoms with Crippen molar-refractivity contribution in [1.29, 1.82) is 0 Å². The lowest BCUT2D eigenvalue weighted by molar-refractivity contribution is 0.494. The maximum Gasteiger partial charge on any atom is 0.300 e. The summed E-state index contributed by atoms with van der Waals surface area (Å²) in [4.78, 5) is 6.83. The van der Waals surface area contributed by atoms with Crippen LogP contribution in [-0.4, -0.2) is 9.97 Å². The van der Waals surface area contributed by atoms with E-state index in [0.29, 0.717) is 0 Å². The highest BCUT2D eigenvalue weighted by atomic mass is 19.2. The van der Waals surface area contributed by atoms with E-state index in [1.165, 1.54) is 6.07 Å². The number of anilines is 2. The normalized spacial score (nSPS) is 10.9. The lowest BCUT2D eigenvalue weighted by Gasteiger charge is -1.94. The molecule has 1 aromatic carbocycles. The Hall–Kier alpha value is -2.37. The van der Waals surface area contributed by atoms with Gasteiger partial charge in [-0.15, -0.1) is 0 Å². The minimum atomic E-state index is -1.03. The van der Waals surface area contributed by atoms with Crippen LogP contribution in [0.3, 0.4) is 0 Å². The standard InChI is InChI=1S/C11H7F2N3O/c12-7-1-2-8-10(9(7)13)17-11(16-8)15-6-3-4-14-5-6/h1-5,14H,(H,15,16). The third-order valence-corrected chi connectivity index (χ3v) is 2.30. The molecule has 0 aliphatic carbocycles. The third kappa shape index (κ3) is 1.63. The predicted molar refractivity (Wildman–Crippen MR) is 58.0 cm³/mol. The zero-order chi connectivity index (χ0) is 11.8. The fourth-order valence-electron chi connectivity index (χ4n) is 1.51. The highest BCUT2D eigenvalue weighted by molar-refractivity contribution is 5.75. The molecule has 0 unspecified atom stereocenters. The Morgan fingerprint density at radius 1 is 1.24 bits per heavy atom. The van der Waals surface area contributed by atoms with Crippen molar-refractivity contribution >= 4 is 22.8 Å². The van der Waals surface area contributed by atoms with Gasteiger partial charge < -0.3 is 14.7 Å². The maximum absolute atomic E-state index is 13.3. The van der Waals surface area contributed by atoms with Crippen LogP contribution in [0.4, 0.5) is 20.5 Å². The molecule has 0 fully saturated rings. The summed E-state index contributed by atoms with van der Waals surface area (Å²) in [6.07, 6.45) is 3.40. The minimum absolute atomic E-state index is 0.115. The molecule has 6 heteroatoms. The van der Waals surface area contributed by atoms with Gasteiger partial charge in [-0.3, -0.25) is 0 Å². The molecule has 0 amide bonds. The molecule has 0 saturated heterocycles. The third-order valence-electron chi connectivity index (χ3n) is 2.30. The second kappa shape index (κ2) is 3.58. The second-order valence-electron chi connectivity index (χ2n) is 3.45. The summed E-state index contributed by atoms with van der Waals surface area (Å²) in [5.41, 5.74) is 0.794. The van der Waals surface area contributed by atoms with Gasteiger partial charge in [0.25, 0.3) is 6.01 Å². The van der Waals surface area contributed by atoms with E-state index in [1.54, 1.807) is 18.5 Å². The van der Waals surface area contributed by atoms with Gasteiger partial charge in [0.1, 0.15) is 5.52 Å². The lowest BCUT2D eigenvalue weighted by Crippen LogP contribution is -1.86. The van der Waals surface area contributed by atoms with E-state index in [2.05, 4.69) is 15.3 Å². The summed E-state index contributed by atoms with van der Waals surface area (Å²) in [5, 5.41) is 2.82. The SMILES string of the molecule is Fc1ccc2nc(Nc3cc[nH]c3)oc2c1F. The van der Waals surface area contributed by atoms with Gasteiger partial charge in [-0.25, -0.2) is 4.39 Å². The summed E-state index contributed by atoms with van der Waals surface area (Å²) in [6.45, 7) is 0. The molecule has 0 radical (unpaired) electrons. The number of oxazole rings is 1. The zero-order valence-corrected chi connectivity index (χ0v) is 8.50. The van der Waals surface area contributed by atoms with Gasteiger partial charge >= 0.3 is 0 Å². The first-order valence-electron chi connectivity index (χ1n) is 4.88. The monoisotopic (exact) mass is 235 g/mol. The van der Waals surface area contributed by atoms with Crippen LogP contribution in [0.15, 0.2) is 35.0 Å². The molecule has 0 atom stereocenters. The smallest absolute Gasteiger partial charge is 0.300 e. The molecule has 0 saturated carbocycles. The van der Waals surface area contributed by atoms with E-state index in [4.69, 9.17) is 4.42 Å². The minimum Gasteiger partial charge on any atom is -0.420 e. The average molecular weight is 235 g/mol. The molecule has 0 spiro atoms. The number of halogens is 2. The number of H-pyrrole nitrogens is 1. The average Bonchev–Trinajstić information content (AvgIpc) is 2.93. The number of hydrogen-bond acceptors (Lipinski definition) is 3. The van der Waals surface area contributed by atoms with Crippen molar-refractivity contribution in [3.05, 3.63) is 42.2 Å². The molecule has 0 aliphatic rings. The van der Waals surface area contributed by atoms with E-state index in [1.807, 2.05) is 0 Å². The number of hydrogen-bond donors (Lipinski definition) is 2. The fraction of sp³-hybridized carbons (Fsp3) is 0. The summed E-state index contributed by atoms with van der Waals surface area (Å²) < 4.78 is 31.4. The first-order chi connectivity index (χ1) is 8.24. The number of benzene rings is 1. The molecule has 3 rings (SSSR count). The van der Waals surface area contributed by atoms with Crippen molar-refractivity contribution in [3.63, 3.8) is 0 Å². The van der Waals surface area contributed by atoms with Crippen LogP contribution in [0.2, 0.25) is 0 Å². The summed E-state index contributed by atoms with van der Waals surface area (Å²) in [6, 6.07) is 4.25. The van der Waals surface area contributed by atoms with Crippen molar-refractivity contribution < 1.29 is 13.2 Å². The van der Waals surface area contributed by atoms with Gasteiger partial charge in [-0.2, -0.15) is 9.37 Å². The van der Waals surface area contributed by atoms with Crippen LogP contribution in [0.1, 0.15) is 0 Å². The second-order valence-corrected chi connectivity index (χ2v) is 3.45. The first kappa shape index (κ1) is 9.83. The number of nitrogens with one attached hydrogen (secondary N) is 2. The van der Waals surface area contributed by atoms with E-state index < -0.39 is 11.6 Å². The van der Waals surface area contributed by atoms with Gasteiger partial charge in [-0.05, 0) is 18.2 Å². The van der Waals surface area contributed by atoms with Gasteiger partial charge in [0, 0.05) is 12.4 Å². The molecule has 2 heterocycles.